The molecule has 4 heterocycles. The van der Waals surface area contributed by atoms with Crippen LogP contribution in [0.2, 0.25) is 0 Å². The van der Waals surface area contributed by atoms with Crippen molar-refractivity contribution in [1.82, 2.24) is 24.1 Å². The fourth-order valence-electron chi connectivity index (χ4n) is 3.45. The summed E-state index contributed by atoms with van der Waals surface area (Å²) in [5.74, 6) is -0.0426. The highest BCUT2D eigenvalue weighted by Crippen LogP contribution is 2.30. The highest BCUT2D eigenvalue weighted by atomic mass is 79.9. The topological polar surface area (TPSA) is 55.4 Å². The van der Waals surface area contributed by atoms with Crippen molar-refractivity contribution in [2.75, 3.05) is 13.1 Å². The molecule has 0 unspecified atom stereocenters. The lowest BCUT2D eigenvalue weighted by Gasteiger charge is -2.32. The standard InChI is InChI=1S/C18H17BrF3N5O/c19-17-13(23-15-3-1-2-7-26(15)17)11-16(28)25-8-4-12(5-9-25)27-10-6-14(24-27)18(20,21)22/h1-3,6-7,10,12H,4-5,8-9,11H2. The Kier molecular flexibility index (Phi) is 4.90. The van der Waals surface area contributed by atoms with E-state index in [1.807, 2.05) is 28.8 Å². The van der Waals surface area contributed by atoms with E-state index in [0.29, 0.717) is 31.6 Å². The number of nitrogens with zero attached hydrogens (tertiary/aromatic N) is 5. The third kappa shape index (κ3) is 3.65. The summed E-state index contributed by atoms with van der Waals surface area (Å²) in [6.45, 7) is 0.964. The molecule has 3 aromatic rings. The number of hydrogen-bond donors (Lipinski definition) is 0. The van der Waals surface area contributed by atoms with E-state index >= 15 is 0 Å². The molecule has 0 spiro atoms. The zero-order valence-electron chi connectivity index (χ0n) is 14.7. The molecule has 3 aromatic heterocycles. The number of likely N-dealkylation sites (tertiary alicyclic amines) is 1. The fourth-order valence-corrected chi connectivity index (χ4v) is 3.98. The van der Waals surface area contributed by atoms with E-state index in [1.54, 1.807) is 4.90 Å². The van der Waals surface area contributed by atoms with Crippen LogP contribution in [-0.2, 0) is 17.4 Å². The van der Waals surface area contributed by atoms with Gasteiger partial charge < -0.3 is 4.90 Å². The van der Waals surface area contributed by atoms with Crippen LogP contribution in [0.15, 0.2) is 41.3 Å². The molecular weight excluding hydrogens is 439 g/mol. The van der Waals surface area contributed by atoms with E-state index < -0.39 is 11.9 Å². The molecule has 10 heteroatoms. The van der Waals surface area contributed by atoms with Crippen molar-refractivity contribution in [3.05, 3.63) is 52.7 Å². The van der Waals surface area contributed by atoms with Crippen LogP contribution in [0.1, 0.15) is 30.3 Å². The minimum atomic E-state index is -4.44. The first-order chi connectivity index (χ1) is 13.3. The van der Waals surface area contributed by atoms with Gasteiger partial charge in [-0.3, -0.25) is 13.9 Å². The van der Waals surface area contributed by atoms with Gasteiger partial charge in [0.15, 0.2) is 5.69 Å². The molecule has 6 nitrogen and oxygen atoms in total. The van der Waals surface area contributed by atoms with Crippen molar-refractivity contribution in [2.24, 2.45) is 0 Å². The first-order valence-electron chi connectivity index (χ1n) is 8.84. The van der Waals surface area contributed by atoms with E-state index in [-0.39, 0.29) is 18.4 Å². The number of imidazole rings is 1. The predicted molar refractivity (Wildman–Crippen MR) is 98.7 cm³/mol. The average molecular weight is 456 g/mol. The maximum absolute atomic E-state index is 12.7. The Morgan fingerprint density at radius 1 is 1.18 bits per heavy atom. The summed E-state index contributed by atoms with van der Waals surface area (Å²) in [4.78, 5) is 18.9. The summed E-state index contributed by atoms with van der Waals surface area (Å²) in [6.07, 6.45) is 0.0916. The molecule has 1 aliphatic rings. The molecule has 1 amide bonds. The van der Waals surface area contributed by atoms with E-state index in [1.165, 1.54) is 10.9 Å². The molecule has 1 saturated heterocycles. The number of halogens is 4. The van der Waals surface area contributed by atoms with Gasteiger partial charge in [-0.2, -0.15) is 18.3 Å². The zero-order chi connectivity index (χ0) is 19.9. The normalized spacial score (nSPS) is 16.1. The maximum atomic E-state index is 12.7. The van der Waals surface area contributed by atoms with Crippen LogP contribution in [0.25, 0.3) is 5.65 Å². The average Bonchev–Trinajstić information content (AvgIpc) is 3.28. The number of carbonyl (C=O) groups is 1. The van der Waals surface area contributed by atoms with Crippen molar-refractivity contribution >= 4 is 27.5 Å². The summed E-state index contributed by atoms with van der Waals surface area (Å²) in [5.41, 5.74) is 0.540. The molecule has 0 saturated carbocycles. The second-order valence-corrected chi connectivity index (χ2v) is 7.50. The van der Waals surface area contributed by atoms with Crippen LogP contribution in [0.5, 0.6) is 0 Å². The van der Waals surface area contributed by atoms with Gasteiger partial charge in [0, 0.05) is 25.5 Å². The van der Waals surface area contributed by atoms with Crippen molar-refractivity contribution in [2.45, 2.75) is 31.5 Å². The zero-order valence-corrected chi connectivity index (χ0v) is 16.3. The van der Waals surface area contributed by atoms with Crippen LogP contribution in [0.3, 0.4) is 0 Å². The van der Waals surface area contributed by atoms with Crippen molar-refractivity contribution < 1.29 is 18.0 Å². The monoisotopic (exact) mass is 455 g/mol. The molecule has 0 N–H and O–H groups in total. The third-order valence-corrected chi connectivity index (χ3v) is 5.79. The lowest BCUT2D eigenvalue weighted by atomic mass is 10.0. The van der Waals surface area contributed by atoms with E-state index in [9.17, 15) is 18.0 Å². The van der Waals surface area contributed by atoms with Gasteiger partial charge in [0.1, 0.15) is 10.3 Å². The van der Waals surface area contributed by atoms with E-state index in [0.717, 1.165) is 16.3 Å². The lowest BCUT2D eigenvalue weighted by Crippen LogP contribution is -2.40. The Hall–Kier alpha value is -2.36. The Morgan fingerprint density at radius 2 is 1.93 bits per heavy atom. The summed E-state index contributed by atoms with van der Waals surface area (Å²) >= 11 is 3.49. The molecular formula is C18H17BrF3N5O. The second-order valence-electron chi connectivity index (χ2n) is 6.75. The lowest BCUT2D eigenvalue weighted by molar-refractivity contribution is -0.141. The summed E-state index contributed by atoms with van der Waals surface area (Å²) < 4.78 is 42.1. The van der Waals surface area contributed by atoms with Crippen LogP contribution < -0.4 is 0 Å². The van der Waals surface area contributed by atoms with E-state index in [2.05, 4.69) is 26.0 Å². The van der Waals surface area contributed by atoms with Gasteiger partial charge in [-0.25, -0.2) is 4.98 Å². The number of alkyl halides is 3. The highest BCUT2D eigenvalue weighted by molar-refractivity contribution is 9.10. The molecule has 0 radical (unpaired) electrons. The molecule has 28 heavy (non-hydrogen) atoms. The van der Waals surface area contributed by atoms with Crippen LogP contribution >= 0.6 is 15.9 Å². The number of hydrogen-bond acceptors (Lipinski definition) is 3. The second kappa shape index (κ2) is 7.23. The van der Waals surface area contributed by atoms with Gasteiger partial charge in [0.05, 0.1) is 18.2 Å². The predicted octanol–water partition coefficient (Wildman–Crippen LogP) is 3.72. The van der Waals surface area contributed by atoms with Crippen LogP contribution in [-0.4, -0.2) is 43.1 Å². The quantitative estimate of drug-likeness (QED) is 0.604. The van der Waals surface area contributed by atoms with Gasteiger partial charge in [-0.15, -0.1) is 0 Å². The van der Waals surface area contributed by atoms with E-state index in [4.69, 9.17) is 0 Å². The molecule has 0 aliphatic carbocycles. The van der Waals surface area contributed by atoms with Gasteiger partial charge >= 0.3 is 6.18 Å². The number of aromatic nitrogens is 4. The van der Waals surface area contributed by atoms with Crippen molar-refractivity contribution in [3.8, 4) is 0 Å². The number of carbonyl (C=O) groups excluding carboxylic acids is 1. The largest absolute Gasteiger partial charge is 0.435 e. The van der Waals surface area contributed by atoms with Gasteiger partial charge in [0.25, 0.3) is 0 Å². The van der Waals surface area contributed by atoms with Gasteiger partial charge in [-0.05, 0) is 47.0 Å². The van der Waals surface area contributed by atoms with Gasteiger partial charge in [0.2, 0.25) is 5.91 Å². The molecule has 0 aromatic carbocycles. The minimum absolute atomic E-state index is 0.0426. The number of rotatable bonds is 3. The van der Waals surface area contributed by atoms with Crippen molar-refractivity contribution in [1.29, 1.82) is 0 Å². The number of amides is 1. The first-order valence-corrected chi connectivity index (χ1v) is 9.64. The summed E-state index contributed by atoms with van der Waals surface area (Å²) in [5, 5.41) is 3.65. The Balaban J connectivity index is 1.38. The molecule has 1 fully saturated rings. The molecule has 148 valence electrons. The summed E-state index contributed by atoms with van der Waals surface area (Å²) in [6, 6.07) is 6.48. The van der Waals surface area contributed by atoms with Crippen LogP contribution in [0.4, 0.5) is 13.2 Å². The number of piperidine rings is 1. The smallest absolute Gasteiger partial charge is 0.342 e. The SMILES string of the molecule is O=C(Cc1nc2ccccn2c1Br)N1CCC(n2ccc(C(F)(F)F)n2)CC1. The molecule has 0 bridgehead atoms. The van der Waals surface area contributed by atoms with Crippen LogP contribution in [0, 0.1) is 0 Å². The highest BCUT2D eigenvalue weighted by Gasteiger charge is 2.34. The Morgan fingerprint density at radius 3 is 2.57 bits per heavy atom. The Labute approximate surface area is 167 Å². The molecule has 4 rings (SSSR count). The third-order valence-electron chi connectivity index (χ3n) is 4.95. The number of pyridine rings is 1. The minimum Gasteiger partial charge on any atom is -0.342 e. The van der Waals surface area contributed by atoms with Crippen molar-refractivity contribution in [3.63, 3.8) is 0 Å². The maximum Gasteiger partial charge on any atom is 0.435 e. The fraction of sp³-hybridized carbons (Fsp3) is 0.389. The van der Waals surface area contributed by atoms with Gasteiger partial charge in [-0.1, -0.05) is 6.07 Å². The first kappa shape index (κ1) is 19.0. The molecule has 1 aliphatic heterocycles. The summed E-state index contributed by atoms with van der Waals surface area (Å²) in [7, 11) is 0. The number of fused-ring (bicyclic) bond motifs is 1. The molecule has 0 atom stereocenters. The Bertz CT molecular complexity index is 1000.